The summed E-state index contributed by atoms with van der Waals surface area (Å²) in [6.45, 7) is 5.23. The van der Waals surface area contributed by atoms with Gasteiger partial charge in [0.2, 0.25) is 0 Å². The third-order valence-electron chi connectivity index (χ3n) is 4.95. The van der Waals surface area contributed by atoms with E-state index in [2.05, 4.69) is 20.8 Å². The fraction of sp³-hybridized carbons (Fsp3) is 0.333. The Morgan fingerprint density at radius 2 is 1.93 bits per heavy atom. The Morgan fingerprint density at radius 1 is 1.20 bits per heavy atom. The van der Waals surface area contributed by atoms with Gasteiger partial charge in [0.1, 0.15) is 10.7 Å². The van der Waals surface area contributed by atoms with E-state index in [1.807, 2.05) is 13.8 Å². The van der Waals surface area contributed by atoms with Crippen LogP contribution in [0.5, 0.6) is 5.75 Å². The van der Waals surface area contributed by atoms with Crippen molar-refractivity contribution in [2.75, 3.05) is 0 Å². The number of ether oxygens (including phenoxy) is 1. The fourth-order valence-corrected chi connectivity index (χ4v) is 4.30. The van der Waals surface area contributed by atoms with E-state index in [9.17, 15) is 14.0 Å². The first-order valence-electron chi connectivity index (χ1n) is 9.64. The number of para-hydroxylation sites is 1. The number of aryl methyl sites for hydroxylation is 2. The summed E-state index contributed by atoms with van der Waals surface area (Å²) >= 11 is 1.27. The topological polar surface area (TPSA) is 93.2 Å². The number of hydrogen-bond donors (Lipinski definition) is 2. The highest BCUT2D eigenvalue weighted by Gasteiger charge is 2.28. The molecule has 7 nitrogen and oxygen atoms in total. The Labute approximate surface area is 176 Å². The van der Waals surface area contributed by atoms with Crippen molar-refractivity contribution in [3.63, 3.8) is 0 Å². The largest absolute Gasteiger partial charge is 0.478 e. The predicted molar refractivity (Wildman–Crippen MR) is 111 cm³/mol. The molecule has 0 bridgehead atoms. The van der Waals surface area contributed by atoms with E-state index in [1.165, 1.54) is 36.5 Å². The van der Waals surface area contributed by atoms with Gasteiger partial charge in [0, 0.05) is 11.3 Å². The summed E-state index contributed by atoms with van der Waals surface area (Å²) in [5, 5.41) is 0.872. The Kier molecular flexibility index (Phi) is 5.38. The molecule has 1 aliphatic rings. The Balaban J connectivity index is 1.44. The number of rotatable bonds is 5. The highest BCUT2D eigenvalue weighted by molar-refractivity contribution is 7.20. The molecule has 2 aromatic heterocycles. The second-order valence-electron chi connectivity index (χ2n) is 7.31. The van der Waals surface area contributed by atoms with Crippen molar-refractivity contribution in [2.24, 2.45) is 0 Å². The lowest BCUT2D eigenvalue weighted by molar-refractivity contribution is -0.128. The smallest absolute Gasteiger partial charge is 0.280 e. The summed E-state index contributed by atoms with van der Waals surface area (Å²) in [6, 6.07) is 5.80. The highest BCUT2D eigenvalue weighted by atomic mass is 32.1. The molecular weight excluding hydrogens is 407 g/mol. The maximum Gasteiger partial charge on any atom is 0.280 e. The first kappa shape index (κ1) is 20.2. The molecule has 4 rings (SSSR count). The van der Waals surface area contributed by atoms with Crippen molar-refractivity contribution in [1.29, 1.82) is 0 Å². The Bertz CT molecular complexity index is 1140. The number of carbonyl (C=O) groups excluding carboxylic acids is 2. The average molecular weight is 428 g/mol. The molecule has 9 heteroatoms. The highest BCUT2D eigenvalue weighted by Crippen LogP contribution is 2.40. The minimum absolute atomic E-state index is 0.0349. The van der Waals surface area contributed by atoms with Gasteiger partial charge in [-0.25, -0.2) is 14.4 Å². The lowest BCUT2D eigenvalue weighted by Gasteiger charge is -2.15. The summed E-state index contributed by atoms with van der Waals surface area (Å²) in [5.74, 6) is -0.396. The lowest BCUT2D eigenvalue weighted by Crippen LogP contribution is -2.47. The molecule has 2 amide bonds. The molecule has 0 radical (unpaired) electrons. The quantitative estimate of drug-likeness (QED) is 0.606. The van der Waals surface area contributed by atoms with Crippen LogP contribution in [0.1, 0.15) is 52.4 Å². The fourth-order valence-electron chi connectivity index (χ4n) is 3.16. The van der Waals surface area contributed by atoms with E-state index >= 15 is 0 Å². The van der Waals surface area contributed by atoms with Crippen molar-refractivity contribution in [2.45, 2.75) is 45.6 Å². The van der Waals surface area contributed by atoms with Crippen molar-refractivity contribution < 1.29 is 18.7 Å². The van der Waals surface area contributed by atoms with Crippen LogP contribution in [0.3, 0.4) is 0 Å². The number of hydrazine groups is 1. The number of hydrogen-bond acceptors (Lipinski definition) is 6. The summed E-state index contributed by atoms with van der Waals surface area (Å²) in [7, 11) is 0. The number of fused-ring (bicyclic) bond motifs is 1. The number of carbonyl (C=O) groups is 2. The third-order valence-corrected chi connectivity index (χ3v) is 6.13. The molecule has 1 aliphatic carbocycles. The van der Waals surface area contributed by atoms with Crippen LogP contribution in [0.25, 0.3) is 10.2 Å². The number of nitrogens with zero attached hydrogens (tertiary/aromatic N) is 2. The van der Waals surface area contributed by atoms with Crippen LogP contribution >= 0.6 is 11.3 Å². The molecule has 2 N–H and O–H groups in total. The number of benzene rings is 1. The van der Waals surface area contributed by atoms with Crippen LogP contribution in [0, 0.1) is 19.7 Å². The van der Waals surface area contributed by atoms with Gasteiger partial charge in [0.25, 0.3) is 11.8 Å². The molecule has 1 atom stereocenters. The standard InChI is InChI=1S/C21H21FN4O3S/c1-10-16-11(2)23-18(13-8-9-13)24-21(16)30-17(10)20(28)26-25-19(27)12(3)29-15-7-5-4-6-14(15)22/h4-7,12-13H,8-9H2,1-3H3,(H,25,27)(H,26,28). The summed E-state index contributed by atoms with van der Waals surface area (Å²) in [4.78, 5) is 35.3. The van der Waals surface area contributed by atoms with Crippen molar-refractivity contribution >= 4 is 33.4 Å². The molecule has 1 aromatic carbocycles. The minimum Gasteiger partial charge on any atom is -0.478 e. The van der Waals surface area contributed by atoms with Gasteiger partial charge in [-0.1, -0.05) is 12.1 Å². The molecule has 0 spiro atoms. The third kappa shape index (κ3) is 3.97. The van der Waals surface area contributed by atoms with Gasteiger partial charge in [0.15, 0.2) is 17.7 Å². The average Bonchev–Trinajstić information content (AvgIpc) is 3.51. The second-order valence-corrected chi connectivity index (χ2v) is 8.31. The molecule has 156 valence electrons. The molecule has 0 saturated heterocycles. The van der Waals surface area contributed by atoms with E-state index < -0.39 is 23.7 Å². The van der Waals surface area contributed by atoms with Crippen molar-refractivity contribution in [3.05, 3.63) is 52.0 Å². The molecule has 3 aromatic rings. The molecule has 2 heterocycles. The Morgan fingerprint density at radius 3 is 2.63 bits per heavy atom. The van der Waals surface area contributed by atoms with E-state index in [0.717, 1.165) is 40.1 Å². The van der Waals surface area contributed by atoms with Crippen LogP contribution in [0.15, 0.2) is 24.3 Å². The number of amides is 2. The van der Waals surface area contributed by atoms with Gasteiger partial charge in [-0.2, -0.15) is 0 Å². The molecule has 30 heavy (non-hydrogen) atoms. The molecule has 0 aliphatic heterocycles. The normalized spacial score (nSPS) is 14.4. The van der Waals surface area contributed by atoms with Gasteiger partial charge < -0.3 is 4.74 Å². The summed E-state index contributed by atoms with van der Waals surface area (Å²) in [6.07, 6.45) is 1.20. The zero-order chi connectivity index (χ0) is 21.4. The van der Waals surface area contributed by atoms with E-state index in [4.69, 9.17) is 4.74 Å². The lowest BCUT2D eigenvalue weighted by atomic mass is 10.1. The number of nitrogens with one attached hydrogen (secondary N) is 2. The van der Waals surface area contributed by atoms with Gasteiger partial charge in [-0.15, -0.1) is 11.3 Å². The summed E-state index contributed by atoms with van der Waals surface area (Å²) < 4.78 is 19.0. The molecular formula is C21H21FN4O3S. The van der Waals surface area contributed by atoms with Gasteiger partial charge in [-0.05, 0) is 51.3 Å². The molecule has 1 unspecified atom stereocenters. The zero-order valence-corrected chi connectivity index (χ0v) is 17.6. The summed E-state index contributed by atoms with van der Waals surface area (Å²) in [5.41, 5.74) is 6.36. The monoisotopic (exact) mass is 428 g/mol. The van der Waals surface area contributed by atoms with E-state index in [-0.39, 0.29) is 5.75 Å². The first-order valence-corrected chi connectivity index (χ1v) is 10.5. The van der Waals surface area contributed by atoms with Crippen LogP contribution in [0.4, 0.5) is 4.39 Å². The minimum atomic E-state index is -1.00. The number of halogens is 1. The van der Waals surface area contributed by atoms with Crippen molar-refractivity contribution in [3.8, 4) is 5.75 Å². The van der Waals surface area contributed by atoms with Gasteiger partial charge in [0.05, 0.1) is 10.6 Å². The van der Waals surface area contributed by atoms with Crippen LogP contribution < -0.4 is 15.6 Å². The van der Waals surface area contributed by atoms with E-state index in [1.54, 1.807) is 6.07 Å². The van der Waals surface area contributed by atoms with E-state index in [0.29, 0.717) is 10.8 Å². The maximum absolute atomic E-state index is 13.7. The van der Waals surface area contributed by atoms with Crippen LogP contribution in [0.2, 0.25) is 0 Å². The molecule has 1 fully saturated rings. The van der Waals surface area contributed by atoms with Crippen LogP contribution in [-0.2, 0) is 4.79 Å². The second kappa shape index (κ2) is 7.98. The number of aromatic nitrogens is 2. The zero-order valence-electron chi connectivity index (χ0n) is 16.8. The SMILES string of the molecule is Cc1nc(C2CC2)nc2sc(C(=O)NNC(=O)C(C)Oc3ccccc3F)c(C)c12. The van der Waals surface area contributed by atoms with Crippen LogP contribution in [-0.4, -0.2) is 27.9 Å². The van der Waals surface area contributed by atoms with Gasteiger partial charge >= 0.3 is 0 Å². The number of thiophene rings is 1. The maximum atomic E-state index is 13.7. The first-order chi connectivity index (χ1) is 14.3. The Hall–Kier alpha value is -3.07. The van der Waals surface area contributed by atoms with Crippen molar-refractivity contribution in [1.82, 2.24) is 20.8 Å². The van der Waals surface area contributed by atoms with Gasteiger partial charge in [-0.3, -0.25) is 20.4 Å². The molecule has 1 saturated carbocycles. The predicted octanol–water partition coefficient (Wildman–Crippen LogP) is 3.55.